The lowest BCUT2D eigenvalue weighted by Gasteiger charge is -2.33. The summed E-state index contributed by atoms with van der Waals surface area (Å²) in [7, 11) is 3.98. The molecule has 0 aliphatic carbocycles. The second kappa shape index (κ2) is 14.0. The minimum absolute atomic E-state index is 0.0686. The van der Waals surface area contributed by atoms with Gasteiger partial charge in [-0.05, 0) is 82.7 Å². The molecule has 0 saturated heterocycles. The number of pyridine rings is 1. The van der Waals surface area contributed by atoms with E-state index in [0.29, 0.717) is 36.0 Å². The van der Waals surface area contributed by atoms with E-state index in [1.165, 1.54) is 0 Å². The molecule has 2 aromatic carbocycles. The number of hydrogen-bond donors (Lipinski definition) is 3. The highest BCUT2D eigenvalue weighted by Crippen LogP contribution is 2.42. The highest BCUT2D eigenvalue weighted by Gasteiger charge is 2.31. The number of carbonyl (C=O) groups excluding carboxylic acids is 1. The Labute approximate surface area is 241 Å². The molecule has 1 amide bonds. The first-order valence-electron chi connectivity index (χ1n) is 13.7. The minimum atomic E-state index is -0.336. The van der Waals surface area contributed by atoms with Gasteiger partial charge in [-0.15, -0.1) is 0 Å². The fourth-order valence-corrected chi connectivity index (χ4v) is 5.10. The standard InChI is InChI=1S/C31H37ClN6O2/c1-4-40-29-18-27-25(17-28(29)37-30(39)9-7-15-38(2)3)31(22(19-33)20-35-27)36-24-13-11-21(26(32)16-24)10-12-23-8-5-6-14-34-23/h5-6,8,11,13-14,16-18,22,31,35-36H,4,7,9-10,12,15,20H2,1-3H3,(H,37,39). The molecule has 2 heterocycles. The summed E-state index contributed by atoms with van der Waals surface area (Å²) in [6.07, 6.45) is 4.55. The lowest BCUT2D eigenvalue weighted by atomic mass is 9.88. The maximum Gasteiger partial charge on any atom is 0.224 e. The summed E-state index contributed by atoms with van der Waals surface area (Å²) in [6, 6.07) is 17.8. The fourth-order valence-electron chi connectivity index (χ4n) is 4.83. The SMILES string of the molecule is CCOc1cc2c(cc1NC(=O)CCCN(C)C)C(Nc1ccc(CCc3ccccn3)c(Cl)c1)C(C#N)CN2. The van der Waals surface area contributed by atoms with Gasteiger partial charge in [0, 0.05) is 52.9 Å². The molecule has 2 unspecified atom stereocenters. The van der Waals surface area contributed by atoms with Crippen LogP contribution in [0.25, 0.3) is 0 Å². The first-order chi connectivity index (χ1) is 19.4. The van der Waals surface area contributed by atoms with Gasteiger partial charge in [0.1, 0.15) is 5.75 Å². The average Bonchev–Trinajstić information content (AvgIpc) is 2.94. The number of amides is 1. The van der Waals surface area contributed by atoms with Gasteiger partial charge in [0.15, 0.2) is 0 Å². The zero-order valence-corrected chi connectivity index (χ0v) is 24.1. The van der Waals surface area contributed by atoms with Crippen LogP contribution in [-0.4, -0.2) is 49.6 Å². The average molecular weight is 561 g/mol. The predicted octanol–water partition coefficient (Wildman–Crippen LogP) is 5.92. The van der Waals surface area contributed by atoms with Crippen molar-refractivity contribution in [3.63, 3.8) is 0 Å². The molecule has 2 atom stereocenters. The van der Waals surface area contributed by atoms with E-state index in [2.05, 4.69) is 31.9 Å². The molecule has 0 bridgehead atoms. The topological polar surface area (TPSA) is 102 Å². The summed E-state index contributed by atoms with van der Waals surface area (Å²) in [6.45, 7) is 3.70. The van der Waals surface area contributed by atoms with Gasteiger partial charge in [0.2, 0.25) is 5.91 Å². The molecule has 0 fully saturated rings. The smallest absolute Gasteiger partial charge is 0.224 e. The molecule has 40 heavy (non-hydrogen) atoms. The number of benzene rings is 2. The van der Waals surface area contributed by atoms with Crippen molar-refractivity contribution in [2.24, 2.45) is 5.92 Å². The van der Waals surface area contributed by atoms with Crippen molar-refractivity contribution >= 4 is 34.6 Å². The second-order valence-electron chi connectivity index (χ2n) is 10.2. The van der Waals surface area contributed by atoms with E-state index in [1.54, 1.807) is 6.20 Å². The Balaban J connectivity index is 1.55. The molecule has 8 nitrogen and oxygen atoms in total. The lowest BCUT2D eigenvalue weighted by molar-refractivity contribution is -0.116. The number of fused-ring (bicyclic) bond motifs is 1. The first kappa shape index (κ1) is 29.2. The Bertz CT molecular complexity index is 1340. The largest absolute Gasteiger partial charge is 0.492 e. The summed E-state index contributed by atoms with van der Waals surface area (Å²) in [5.41, 5.74) is 5.26. The van der Waals surface area contributed by atoms with Gasteiger partial charge in [-0.25, -0.2) is 0 Å². The maximum absolute atomic E-state index is 12.7. The van der Waals surface area contributed by atoms with E-state index < -0.39 is 0 Å². The number of hydrogen-bond acceptors (Lipinski definition) is 7. The molecule has 3 N–H and O–H groups in total. The van der Waals surface area contributed by atoms with Crippen LogP contribution in [0.3, 0.4) is 0 Å². The van der Waals surface area contributed by atoms with Gasteiger partial charge in [-0.1, -0.05) is 23.7 Å². The third kappa shape index (κ3) is 7.65. The molecule has 1 aliphatic rings. The van der Waals surface area contributed by atoms with E-state index in [4.69, 9.17) is 16.3 Å². The molecule has 1 aromatic heterocycles. The highest BCUT2D eigenvalue weighted by molar-refractivity contribution is 6.31. The van der Waals surface area contributed by atoms with E-state index in [0.717, 1.165) is 54.0 Å². The third-order valence-electron chi connectivity index (χ3n) is 6.90. The Hall–Kier alpha value is -3.80. The van der Waals surface area contributed by atoms with Crippen LogP contribution in [0.15, 0.2) is 54.7 Å². The van der Waals surface area contributed by atoms with Crippen LogP contribution < -0.4 is 20.7 Å². The first-order valence-corrected chi connectivity index (χ1v) is 14.1. The van der Waals surface area contributed by atoms with Crippen LogP contribution in [0.1, 0.15) is 42.6 Å². The van der Waals surface area contributed by atoms with Gasteiger partial charge < -0.3 is 25.6 Å². The van der Waals surface area contributed by atoms with Gasteiger partial charge in [-0.3, -0.25) is 9.78 Å². The quantitative estimate of drug-likeness (QED) is 0.253. The Morgan fingerprint density at radius 3 is 2.77 bits per heavy atom. The Morgan fingerprint density at radius 1 is 1.23 bits per heavy atom. The van der Waals surface area contributed by atoms with Crippen molar-refractivity contribution < 1.29 is 9.53 Å². The number of rotatable bonds is 12. The molecule has 0 saturated carbocycles. The van der Waals surface area contributed by atoms with Crippen molar-refractivity contribution in [2.45, 2.75) is 38.6 Å². The number of aromatic nitrogens is 1. The van der Waals surface area contributed by atoms with E-state index >= 15 is 0 Å². The van der Waals surface area contributed by atoms with E-state index in [-0.39, 0.29) is 17.9 Å². The van der Waals surface area contributed by atoms with E-state index in [1.807, 2.05) is 69.6 Å². The fraction of sp³-hybridized carbons (Fsp3) is 0.387. The van der Waals surface area contributed by atoms with Gasteiger partial charge in [0.05, 0.1) is 30.3 Å². The van der Waals surface area contributed by atoms with E-state index in [9.17, 15) is 10.1 Å². The number of aryl methyl sites for hydroxylation is 2. The molecule has 0 spiro atoms. The van der Waals surface area contributed by atoms with Crippen LogP contribution in [0.2, 0.25) is 5.02 Å². The van der Waals surface area contributed by atoms with Crippen molar-refractivity contribution in [3.8, 4) is 11.8 Å². The van der Waals surface area contributed by atoms with Crippen LogP contribution in [-0.2, 0) is 17.6 Å². The summed E-state index contributed by atoms with van der Waals surface area (Å²) < 4.78 is 5.87. The number of anilines is 3. The van der Waals surface area contributed by atoms with Gasteiger partial charge in [-0.2, -0.15) is 5.26 Å². The van der Waals surface area contributed by atoms with Crippen LogP contribution in [0.4, 0.5) is 17.1 Å². The van der Waals surface area contributed by atoms with Gasteiger partial charge in [0.25, 0.3) is 0 Å². The zero-order valence-electron chi connectivity index (χ0n) is 23.3. The summed E-state index contributed by atoms with van der Waals surface area (Å²) in [5, 5.41) is 20.6. The lowest BCUT2D eigenvalue weighted by Crippen LogP contribution is -2.31. The summed E-state index contributed by atoms with van der Waals surface area (Å²) >= 11 is 6.68. The van der Waals surface area contributed by atoms with Crippen LogP contribution >= 0.6 is 11.6 Å². The maximum atomic E-state index is 12.7. The zero-order chi connectivity index (χ0) is 28.5. The normalized spacial score (nSPS) is 16.0. The second-order valence-corrected chi connectivity index (χ2v) is 10.6. The number of nitrogens with one attached hydrogen (secondary N) is 3. The number of carbonyl (C=O) groups is 1. The third-order valence-corrected chi connectivity index (χ3v) is 7.25. The van der Waals surface area contributed by atoms with Crippen LogP contribution in [0.5, 0.6) is 5.75 Å². The molecular weight excluding hydrogens is 524 g/mol. The summed E-state index contributed by atoms with van der Waals surface area (Å²) in [5.74, 6) is 0.196. The van der Waals surface area contributed by atoms with Crippen molar-refractivity contribution in [2.75, 3.05) is 49.7 Å². The van der Waals surface area contributed by atoms with Gasteiger partial charge >= 0.3 is 0 Å². The molecule has 210 valence electrons. The number of halogens is 1. The number of nitriles is 1. The molecule has 9 heteroatoms. The predicted molar refractivity (Wildman–Crippen MR) is 161 cm³/mol. The van der Waals surface area contributed by atoms with Crippen molar-refractivity contribution in [1.82, 2.24) is 9.88 Å². The Morgan fingerprint density at radius 2 is 2.08 bits per heavy atom. The monoisotopic (exact) mass is 560 g/mol. The Kier molecular flexibility index (Phi) is 10.2. The molecule has 1 aliphatic heterocycles. The van der Waals surface area contributed by atoms with Crippen LogP contribution in [0, 0.1) is 17.2 Å². The minimum Gasteiger partial charge on any atom is -0.492 e. The van der Waals surface area contributed by atoms with Crippen molar-refractivity contribution in [3.05, 3.63) is 76.6 Å². The summed E-state index contributed by atoms with van der Waals surface area (Å²) in [4.78, 5) is 19.2. The highest BCUT2D eigenvalue weighted by atomic mass is 35.5. The molecule has 4 rings (SSSR count). The number of ether oxygens (including phenoxy) is 1. The molecule has 3 aromatic rings. The number of nitrogens with zero attached hydrogens (tertiary/aromatic N) is 3. The molecular formula is C31H37ClN6O2. The molecule has 0 radical (unpaired) electrons. The van der Waals surface area contributed by atoms with Crippen molar-refractivity contribution in [1.29, 1.82) is 5.26 Å².